The summed E-state index contributed by atoms with van der Waals surface area (Å²) in [7, 11) is 0. The van der Waals surface area contributed by atoms with E-state index in [1.807, 2.05) is 60.7 Å². The van der Waals surface area contributed by atoms with Crippen molar-refractivity contribution in [3.63, 3.8) is 0 Å². The predicted molar refractivity (Wildman–Crippen MR) is 96.0 cm³/mol. The van der Waals surface area contributed by atoms with E-state index in [1.165, 1.54) is 12.4 Å². The van der Waals surface area contributed by atoms with Gasteiger partial charge in [-0.3, -0.25) is 4.79 Å². The zero-order valence-electron chi connectivity index (χ0n) is 12.9. The molecule has 0 atom stereocenters. The summed E-state index contributed by atoms with van der Waals surface area (Å²) in [6.45, 7) is 3.43. The lowest BCUT2D eigenvalue weighted by Gasteiger charge is -2.08. The van der Waals surface area contributed by atoms with Crippen molar-refractivity contribution in [3.05, 3.63) is 79.6 Å². The normalized spacial score (nSPS) is 10.0. The zero-order chi connectivity index (χ0) is 16.8. The van der Waals surface area contributed by atoms with Crippen molar-refractivity contribution >= 4 is 23.1 Å². The van der Waals surface area contributed by atoms with Crippen LogP contribution in [-0.4, -0.2) is 15.9 Å². The number of carbonyl (C=O) groups excluding carboxylic acids is 1. The highest BCUT2D eigenvalue weighted by molar-refractivity contribution is 5.98. The van der Waals surface area contributed by atoms with Gasteiger partial charge in [-0.05, 0) is 30.3 Å². The number of hydrogen-bond donors (Lipinski definition) is 2. The van der Waals surface area contributed by atoms with Crippen LogP contribution in [0.3, 0.4) is 0 Å². The molecule has 0 unspecified atom stereocenters. The van der Waals surface area contributed by atoms with Gasteiger partial charge in [-0.2, -0.15) is 0 Å². The van der Waals surface area contributed by atoms with Gasteiger partial charge < -0.3 is 10.6 Å². The Morgan fingerprint density at radius 3 is 2.42 bits per heavy atom. The first kappa shape index (κ1) is 15.4. The third-order valence-electron chi connectivity index (χ3n) is 3.35. The molecule has 0 saturated carbocycles. The smallest absolute Gasteiger partial charge is 0.247 e. The molecule has 5 heteroatoms. The number of nitrogens with zero attached hydrogens (tertiary/aromatic N) is 2. The Labute approximate surface area is 140 Å². The number of hydrogen-bond acceptors (Lipinski definition) is 4. The number of rotatable bonds is 5. The SMILES string of the molecule is C=CC(=O)Nc1ccc(-c2cc(Nc3ccccc3)ncn2)cc1. The number of nitrogens with one attached hydrogen (secondary N) is 2. The molecule has 3 aromatic rings. The van der Waals surface area contributed by atoms with Crippen LogP contribution in [0.25, 0.3) is 11.3 Å². The number of amides is 1. The van der Waals surface area contributed by atoms with Crippen molar-refractivity contribution in [1.29, 1.82) is 0 Å². The molecule has 2 N–H and O–H groups in total. The van der Waals surface area contributed by atoms with Gasteiger partial charge >= 0.3 is 0 Å². The van der Waals surface area contributed by atoms with Crippen LogP contribution in [0.2, 0.25) is 0 Å². The van der Waals surface area contributed by atoms with Gasteiger partial charge in [0.05, 0.1) is 5.69 Å². The third-order valence-corrected chi connectivity index (χ3v) is 3.35. The molecule has 0 aliphatic carbocycles. The van der Waals surface area contributed by atoms with Gasteiger partial charge in [-0.25, -0.2) is 9.97 Å². The fourth-order valence-corrected chi connectivity index (χ4v) is 2.17. The van der Waals surface area contributed by atoms with Crippen molar-refractivity contribution in [1.82, 2.24) is 9.97 Å². The lowest BCUT2D eigenvalue weighted by molar-refractivity contribution is -0.111. The Balaban J connectivity index is 1.78. The molecule has 5 nitrogen and oxygen atoms in total. The maximum Gasteiger partial charge on any atom is 0.247 e. The number of anilines is 3. The Morgan fingerprint density at radius 1 is 0.958 bits per heavy atom. The van der Waals surface area contributed by atoms with E-state index in [1.54, 1.807) is 0 Å². The Morgan fingerprint density at radius 2 is 1.71 bits per heavy atom. The van der Waals surface area contributed by atoms with Crippen LogP contribution in [0, 0.1) is 0 Å². The van der Waals surface area contributed by atoms with E-state index in [0.717, 1.165) is 22.8 Å². The quantitative estimate of drug-likeness (QED) is 0.698. The van der Waals surface area contributed by atoms with Gasteiger partial charge in [-0.1, -0.05) is 36.9 Å². The first-order valence-electron chi connectivity index (χ1n) is 7.42. The van der Waals surface area contributed by atoms with Crippen LogP contribution >= 0.6 is 0 Å². The maximum atomic E-state index is 11.3. The molecule has 0 saturated heterocycles. The minimum absolute atomic E-state index is 0.237. The molecule has 1 aromatic heterocycles. The molecule has 0 radical (unpaired) electrons. The summed E-state index contributed by atoms with van der Waals surface area (Å²) in [4.78, 5) is 19.8. The van der Waals surface area contributed by atoms with E-state index >= 15 is 0 Å². The molecule has 1 amide bonds. The van der Waals surface area contributed by atoms with Crippen LogP contribution in [0.1, 0.15) is 0 Å². The van der Waals surface area contributed by atoms with E-state index in [-0.39, 0.29) is 5.91 Å². The predicted octanol–water partition coefficient (Wildman–Crippen LogP) is 4.01. The van der Waals surface area contributed by atoms with E-state index in [9.17, 15) is 4.79 Å². The monoisotopic (exact) mass is 316 g/mol. The third kappa shape index (κ3) is 3.84. The lowest BCUT2D eigenvalue weighted by atomic mass is 10.1. The Kier molecular flexibility index (Phi) is 4.62. The zero-order valence-corrected chi connectivity index (χ0v) is 12.9. The molecule has 24 heavy (non-hydrogen) atoms. The molecule has 1 heterocycles. The molecular formula is C19H16N4O. The van der Waals surface area contributed by atoms with Crippen molar-refractivity contribution in [2.24, 2.45) is 0 Å². The molecule has 0 aliphatic heterocycles. The second-order valence-electron chi connectivity index (χ2n) is 5.05. The van der Waals surface area contributed by atoms with Crippen molar-refractivity contribution in [2.75, 3.05) is 10.6 Å². The maximum absolute atomic E-state index is 11.3. The summed E-state index contributed by atoms with van der Waals surface area (Å²) in [5.74, 6) is 0.481. The standard InChI is InChI=1S/C19H16N4O/c1-2-19(24)23-16-10-8-14(9-11-16)17-12-18(21-13-20-17)22-15-6-4-3-5-7-15/h2-13H,1H2,(H,23,24)(H,20,21,22). The second-order valence-corrected chi connectivity index (χ2v) is 5.05. The van der Waals surface area contributed by atoms with Gasteiger partial charge in [0, 0.05) is 23.0 Å². The first-order chi connectivity index (χ1) is 11.7. The van der Waals surface area contributed by atoms with E-state index in [4.69, 9.17) is 0 Å². The number of carbonyl (C=O) groups is 1. The van der Waals surface area contributed by atoms with Gasteiger partial charge in [-0.15, -0.1) is 0 Å². The minimum Gasteiger partial charge on any atom is -0.340 e. The largest absolute Gasteiger partial charge is 0.340 e. The highest BCUT2D eigenvalue weighted by atomic mass is 16.1. The average Bonchev–Trinajstić information content (AvgIpc) is 2.63. The topological polar surface area (TPSA) is 66.9 Å². The number of para-hydroxylation sites is 1. The van der Waals surface area contributed by atoms with Crippen molar-refractivity contribution < 1.29 is 4.79 Å². The molecule has 0 aliphatic rings. The van der Waals surface area contributed by atoms with E-state index < -0.39 is 0 Å². The van der Waals surface area contributed by atoms with Crippen LogP contribution in [-0.2, 0) is 4.79 Å². The molecule has 0 spiro atoms. The summed E-state index contributed by atoms with van der Waals surface area (Å²) in [5.41, 5.74) is 3.40. The Bertz CT molecular complexity index is 845. The van der Waals surface area contributed by atoms with Crippen LogP contribution in [0.5, 0.6) is 0 Å². The average molecular weight is 316 g/mol. The molecule has 0 fully saturated rings. The van der Waals surface area contributed by atoms with Crippen LogP contribution in [0.15, 0.2) is 79.6 Å². The highest BCUT2D eigenvalue weighted by Gasteiger charge is 2.04. The summed E-state index contributed by atoms with van der Waals surface area (Å²) < 4.78 is 0. The molecule has 3 rings (SSSR count). The first-order valence-corrected chi connectivity index (χ1v) is 7.42. The number of benzene rings is 2. The molecular weight excluding hydrogens is 300 g/mol. The minimum atomic E-state index is -0.237. The van der Waals surface area contributed by atoms with Crippen LogP contribution in [0.4, 0.5) is 17.2 Å². The molecule has 0 bridgehead atoms. The molecule has 2 aromatic carbocycles. The van der Waals surface area contributed by atoms with Gasteiger partial charge in [0.2, 0.25) is 5.91 Å². The fraction of sp³-hybridized carbons (Fsp3) is 0. The van der Waals surface area contributed by atoms with Crippen molar-refractivity contribution in [2.45, 2.75) is 0 Å². The molecule has 118 valence electrons. The summed E-state index contributed by atoms with van der Waals surface area (Å²) in [6, 6.07) is 19.1. The van der Waals surface area contributed by atoms with Crippen LogP contribution < -0.4 is 10.6 Å². The fourth-order valence-electron chi connectivity index (χ4n) is 2.17. The van der Waals surface area contributed by atoms with Crippen molar-refractivity contribution in [3.8, 4) is 11.3 Å². The second kappa shape index (κ2) is 7.19. The Hall–Kier alpha value is -3.47. The van der Waals surface area contributed by atoms with E-state index in [2.05, 4.69) is 27.2 Å². The van der Waals surface area contributed by atoms with Gasteiger partial charge in [0.15, 0.2) is 0 Å². The number of aromatic nitrogens is 2. The van der Waals surface area contributed by atoms with Gasteiger partial charge in [0.25, 0.3) is 0 Å². The highest BCUT2D eigenvalue weighted by Crippen LogP contribution is 2.22. The summed E-state index contributed by atoms with van der Waals surface area (Å²) >= 11 is 0. The summed E-state index contributed by atoms with van der Waals surface area (Å²) in [6.07, 6.45) is 2.76. The van der Waals surface area contributed by atoms with E-state index in [0.29, 0.717) is 5.69 Å². The lowest BCUT2D eigenvalue weighted by Crippen LogP contribution is -2.06. The summed E-state index contributed by atoms with van der Waals surface area (Å²) in [5, 5.41) is 5.95. The van der Waals surface area contributed by atoms with Gasteiger partial charge in [0.1, 0.15) is 12.1 Å².